The SMILES string of the molecule is Cc1nc2c(Cl)cc(Cl)cn2c1CCCN. The molecule has 0 bridgehead atoms. The summed E-state index contributed by atoms with van der Waals surface area (Å²) in [5.41, 5.74) is 8.39. The number of hydrogen-bond acceptors (Lipinski definition) is 2. The summed E-state index contributed by atoms with van der Waals surface area (Å²) in [4.78, 5) is 4.44. The number of nitrogens with zero attached hydrogens (tertiary/aromatic N) is 2. The van der Waals surface area contributed by atoms with Gasteiger partial charge < -0.3 is 10.1 Å². The summed E-state index contributed by atoms with van der Waals surface area (Å²) < 4.78 is 1.95. The van der Waals surface area contributed by atoms with Crippen LogP contribution in [0.25, 0.3) is 5.65 Å². The first-order chi connectivity index (χ1) is 7.63. The van der Waals surface area contributed by atoms with Crippen LogP contribution in [0.5, 0.6) is 0 Å². The van der Waals surface area contributed by atoms with Gasteiger partial charge >= 0.3 is 0 Å². The fraction of sp³-hybridized carbons (Fsp3) is 0.364. The van der Waals surface area contributed by atoms with Crippen LogP contribution in [0.4, 0.5) is 0 Å². The summed E-state index contributed by atoms with van der Waals surface area (Å²) in [5, 5.41) is 1.19. The van der Waals surface area contributed by atoms with Crippen molar-refractivity contribution in [1.82, 2.24) is 9.38 Å². The number of halogens is 2. The zero-order chi connectivity index (χ0) is 11.7. The van der Waals surface area contributed by atoms with Crippen LogP contribution in [0, 0.1) is 6.92 Å². The molecule has 2 heterocycles. The van der Waals surface area contributed by atoms with Gasteiger partial charge in [0.1, 0.15) is 0 Å². The third kappa shape index (κ3) is 2.03. The van der Waals surface area contributed by atoms with E-state index in [9.17, 15) is 0 Å². The largest absolute Gasteiger partial charge is 0.330 e. The molecular weight excluding hydrogens is 245 g/mol. The van der Waals surface area contributed by atoms with Gasteiger partial charge in [-0.15, -0.1) is 0 Å². The van der Waals surface area contributed by atoms with Crippen molar-refractivity contribution in [3.63, 3.8) is 0 Å². The molecule has 0 aromatic carbocycles. The number of imidazole rings is 1. The van der Waals surface area contributed by atoms with E-state index in [-0.39, 0.29) is 0 Å². The van der Waals surface area contributed by atoms with Crippen molar-refractivity contribution in [1.29, 1.82) is 0 Å². The topological polar surface area (TPSA) is 43.3 Å². The van der Waals surface area contributed by atoms with E-state index in [1.807, 2.05) is 17.5 Å². The number of fused-ring (bicyclic) bond motifs is 1. The summed E-state index contributed by atoms with van der Waals surface area (Å²) >= 11 is 12.1. The third-order valence-electron chi connectivity index (χ3n) is 2.56. The predicted molar refractivity (Wildman–Crippen MR) is 67.3 cm³/mol. The van der Waals surface area contributed by atoms with Crippen LogP contribution in [0.2, 0.25) is 10.0 Å². The average molecular weight is 258 g/mol. The van der Waals surface area contributed by atoms with Crippen molar-refractivity contribution in [2.45, 2.75) is 19.8 Å². The zero-order valence-corrected chi connectivity index (χ0v) is 10.5. The first-order valence-electron chi connectivity index (χ1n) is 5.16. The maximum absolute atomic E-state index is 6.09. The van der Waals surface area contributed by atoms with Crippen molar-refractivity contribution in [3.8, 4) is 0 Å². The van der Waals surface area contributed by atoms with Gasteiger partial charge in [-0.2, -0.15) is 0 Å². The molecule has 3 nitrogen and oxygen atoms in total. The molecule has 16 heavy (non-hydrogen) atoms. The second-order valence-electron chi connectivity index (χ2n) is 3.74. The Hall–Kier alpha value is -0.770. The summed E-state index contributed by atoms with van der Waals surface area (Å²) in [6.45, 7) is 2.64. The Morgan fingerprint density at radius 2 is 2.19 bits per heavy atom. The lowest BCUT2D eigenvalue weighted by atomic mass is 10.2. The molecule has 0 unspecified atom stereocenters. The lowest BCUT2D eigenvalue weighted by Gasteiger charge is -2.03. The van der Waals surface area contributed by atoms with Crippen LogP contribution in [0.1, 0.15) is 17.8 Å². The lowest BCUT2D eigenvalue weighted by Crippen LogP contribution is -2.03. The molecule has 2 aromatic rings. The molecule has 0 spiro atoms. The second-order valence-corrected chi connectivity index (χ2v) is 4.58. The molecule has 0 saturated carbocycles. The molecule has 0 aliphatic carbocycles. The number of pyridine rings is 1. The molecule has 0 aliphatic heterocycles. The molecule has 0 aliphatic rings. The van der Waals surface area contributed by atoms with Crippen LogP contribution in [-0.2, 0) is 6.42 Å². The minimum atomic E-state index is 0.578. The molecule has 0 amide bonds. The zero-order valence-electron chi connectivity index (χ0n) is 9.00. The Morgan fingerprint density at radius 3 is 2.88 bits per heavy atom. The van der Waals surface area contributed by atoms with E-state index in [1.54, 1.807) is 6.07 Å². The molecule has 2 aromatic heterocycles. The van der Waals surface area contributed by atoms with Crippen LogP contribution in [0.3, 0.4) is 0 Å². The highest BCUT2D eigenvalue weighted by atomic mass is 35.5. The second kappa shape index (κ2) is 4.62. The average Bonchev–Trinajstić information content (AvgIpc) is 2.53. The summed E-state index contributed by atoms with van der Waals surface area (Å²) in [7, 11) is 0. The van der Waals surface area contributed by atoms with Crippen molar-refractivity contribution in [2.75, 3.05) is 6.54 Å². The predicted octanol–water partition coefficient (Wildman–Crippen LogP) is 2.84. The van der Waals surface area contributed by atoms with Crippen molar-refractivity contribution >= 4 is 28.8 Å². The highest BCUT2D eigenvalue weighted by Crippen LogP contribution is 2.24. The monoisotopic (exact) mass is 257 g/mol. The van der Waals surface area contributed by atoms with Gasteiger partial charge in [0.05, 0.1) is 15.7 Å². The first-order valence-corrected chi connectivity index (χ1v) is 5.91. The molecule has 5 heteroatoms. The van der Waals surface area contributed by atoms with Gasteiger partial charge in [-0.05, 0) is 32.4 Å². The van der Waals surface area contributed by atoms with E-state index >= 15 is 0 Å². The molecule has 0 atom stereocenters. The van der Waals surface area contributed by atoms with Gasteiger partial charge in [0.15, 0.2) is 5.65 Å². The summed E-state index contributed by atoms with van der Waals surface area (Å²) in [5.74, 6) is 0. The maximum Gasteiger partial charge on any atom is 0.156 e. The quantitative estimate of drug-likeness (QED) is 0.919. The van der Waals surface area contributed by atoms with Crippen LogP contribution in [0.15, 0.2) is 12.3 Å². The van der Waals surface area contributed by atoms with Crippen LogP contribution < -0.4 is 5.73 Å². The normalized spacial score (nSPS) is 11.2. The summed E-state index contributed by atoms with van der Waals surface area (Å²) in [6, 6.07) is 1.71. The fourth-order valence-electron chi connectivity index (χ4n) is 1.80. The molecule has 2 N–H and O–H groups in total. The van der Waals surface area contributed by atoms with E-state index in [2.05, 4.69) is 4.98 Å². The van der Waals surface area contributed by atoms with Crippen molar-refractivity contribution in [2.24, 2.45) is 5.73 Å². The van der Waals surface area contributed by atoms with Gasteiger partial charge in [0.25, 0.3) is 0 Å². The molecule has 0 saturated heterocycles. The molecular formula is C11H13Cl2N3. The van der Waals surface area contributed by atoms with E-state index in [0.717, 1.165) is 29.9 Å². The van der Waals surface area contributed by atoms with Crippen LogP contribution >= 0.6 is 23.2 Å². The minimum Gasteiger partial charge on any atom is -0.330 e. The van der Waals surface area contributed by atoms with Crippen LogP contribution in [-0.4, -0.2) is 15.9 Å². The van der Waals surface area contributed by atoms with E-state index in [1.165, 1.54) is 0 Å². The maximum atomic E-state index is 6.09. The lowest BCUT2D eigenvalue weighted by molar-refractivity contribution is 0.796. The molecule has 0 radical (unpaired) electrons. The molecule has 2 rings (SSSR count). The number of aryl methyl sites for hydroxylation is 2. The Morgan fingerprint density at radius 1 is 1.44 bits per heavy atom. The Kier molecular flexibility index (Phi) is 3.38. The standard InChI is InChI=1S/C11H13Cl2N3/c1-7-10(3-2-4-14)16-6-8(12)5-9(13)11(16)15-7/h5-6H,2-4,14H2,1H3. The fourth-order valence-corrected chi connectivity index (χ4v) is 2.32. The van der Waals surface area contributed by atoms with Crippen molar-refractivity contribution < 1.29 is 0 Å². The Balaban J connectivity index is 2.59. The van der Waals surface area contributed by atoms with Crippen molar-refractivity contribution in [3.05, 3.63) is 33.7 Å². The number of rotatable bonds is 3. The smallest absolute Gasteiger partial charge is 0.156 e. The Labute approximate surface area is 104 Å². The molecule has 0 fully saturated rings. The van der Waals surface area contributed by atoms with Gasteiger partial charge in [-0.25, -0.2) is 4.98 Å². The van der Waals surface area contributed by atoms with Gasteiger partial charge in [0.2, 0.25) is 0 Å². The highest BCUT2D eigenvalue weighted by molar-refractivity contribution is 6.36. The Bertz CT molecular complexity index is 519. The van der Waals surface area contributed by atoms with E-state index in [0.29, 0.717) is 16.6 Å². The first kappa shape index (κ1) is 11.7. The minimum absolute atomic E-state index is 0.578. The number of aromatic nitrogens is 2. The number of hydrogen-bond donors (Lipinski definition) is 1. The highest BCUT2D eigenvalue weighted by Gasteiger charge is 2.11. The van der Waals surface area contributed by atoms with Gasteiger partial charge in [0, 0.05) is 11.9 Å². The van der Waals surface area contributed by atoms with Gasteiger partial charge in [-0.1, -0.05) is 23.2 Å². The number of nitrogens with two attached hydrogens (primary N) is 1. The third-order valence-corrected chi connectivity index (χ3v) is 3.04. The van der Waals surface area contributed by atoms with E-state index < -0.39 is 0 Å². The van der Waals surface area contributed by atoms with Gasteiger partial charge in [-0.3, -0.25) is 0 Å². The van der Waals surface area contributed by atoms with E-state index in [4.69, 9.17) is 28.9 Å². The summed E-state index contributed by atoms with van der Waals surface area (Å²) in [6.07, 6.45) is 3.66. The molecule has 86 valence electrons.